The number of methoxy groups -OCH3 is 1. The van der Waals surface area contributed by atoms with Crippen LogP contribution in [0.15, 0.2) is 48.8 Å². The lowest BCUT2D eigenvalue weighted by Crippen LogP contribution is -2.27. The molecular weight excluding hydrogens is 398 g/mol. The van der Waals surface area contributed by atoms with E-state index in [2.05, 4.69) is 15.3 Å². The minimum Gasteiger partial charge on any atom is -0.489 e. The molecule has 0 amide bonds. The Morgan fingerprint density at radius 2 is 2.06 bits per heavy atom. The first-order valence-corrected chi connectivity index (χ1v) is 9.98. The fourth-order valence-electron chi connectivity index (χ4n) is 3.84. The molecule has 1 unspecified atom stereocenters. The van der Waals surface area contributed by atoms with E-state index in [1.54, 1.807) is 18.5 Å². The maximum atomic E-state index is 13.1. The average molecular weight is 421 g/mol. The molecule has 0 aliphatic heterocycles. The van der Waals surface area contributed by atoms with E-state index in [4.69, 9.17) is 14.6 Å². The van der Waals surface area contributed by atoms with Crippen LogP contribution in [0.1, 0.15) is 22.5 Å². The highest BCUT2D eigenvalue weighted by molar-refractivity contribution is 6.09. The number of aromatic nitrogens is 2. The summed E-state index contributed by atoms with van der Waals surface area (Å²) < 4.78 is 10.5. The number of pyridine rings is 1. The van der Waals surface area contributed by atoms with Crippen molar-refractivity contribution in [3.8, 4) is 17.0 Å². The van der Waals surface area contributed by atoms with Crippen molar-refractivity contribution < 1.29 is 24.2 Å². The molecule has 31 heavy (non-hydrogen) atoms. The quantitative estimate of drug-likeness (QED) is 0.502. The van der Waals surface area contributed by atoms with E-state index >= 15 is 0 Å². The number of Topliss-reactive ketones (excluding diaryl/α,β-unsaturated/α-hetero) is 1. The third-order valence-corrected chi connectivity index (χ3v) is 5.22. The summed E-state index contributed by atoms with van der Waals surface area (Å²) >= 11 is 0. The Labute approximate surface area is 179 Å². The Kier molecular flexibility index (Phi) is 5.99. The number of anilines is 2. The van der Waals surface area contributed by atoms with Crippen molar-refractivity contribution >= 4 is 23.1 Å². The van der Waals surface area contributed by atoms with Crippen molar-refractivity contribution in [1.29, 1.82) is 0 Å². The minimum atomic E-state index is -0.524. The van der Waals surface area contributed by atoms with Crippen molar-refractivity contribution in [1.82, 2.24) is 9.97 Å². The molecule has 0 saturated carbocycles. The van der Waals surface area contributed by atoms with Crippen molar-refractivity contribution in [3.05, 3.63) is 60.0 Å². The van der Waals surface area contributed by atoms with E-state index in [1.807, 2.05) is 30.3 Å². The van der Waals surface area contributed by atoms with Crippen LogP contribution in [0.4, 0.5) is 11.4 Å². The molecule has 2 heterocycles. The molecule has 8 nitrogen and oxygen atoms in total. The highest BCUT2D eigenvalue weighted by Gasteiger charge is 2.35. The van der Waals surface area contributed by atoms with Crippen molar-refractivity contribution in [2.45, 2.75) is 12.8 Å². The number of nitrogens with zero attached hydrogens (tertiary/aromatic N) is 1. The smallest absolute Gasteiger partial charge is 0.309 e. The number of para-hydroxylation sites is 1. The molecule has 1 aromatic carbocycles. The number of nitrogens with one attached hydrogen (secondary N) is 2. The number of H-pyrrole nitrogens is 1. The van der Waals surface area contributed by atoms with Gasteiger partial charge in [0.2, 0.25) is 0 Å². The third kappa shape index (κ3) is 4.15. The van der Waals surface area contributed by atoms with E-state index < -0.39 is 11.9 Å². The van der Waals surface area contributed by atoms with Gasteiger partial charge in [0.05, 0.1) is 42.8 Å². The predicted octanol–water partition coefficient (Wildman–Crippen LogP) is 3.11. The fraction of sp³-hybridized carbons (Fsp3) is 0.261. The van der Waals surface area contributed by atoms with Crippen LogP contribution in [0, 0.1) is 5.92 Å². The molecular formula is C23H23N3O5. The van der Waals surface area contributed by atoms with Gasteiger partial charge in [-0.25, -0.2) is 0 Å². The van der Waals surface area contributed by atoms with E-state index in [1.165, 1.54) is 7.11 Å². The van der Waals surface area contributed by atoms with Crippen LogP contribution in [-0.2, 0) is 16.0 Å². The number of esters is 1. The van der Waals surface area contributed by atoms with Gasteiger partial charge in [-0.1, -0.05) is 18.2 Å². The van der Waals surface area contributed by atoms with Gasteiger partial charge in [-0.2, -0.15) is 0 Å². The van der Waals surface area contributed by atoms with E-state index in [-0.39, 0.29) is 25.4 Å². The normalized spacial score (nSPS) is 15.3. The zero-order valence-electron chi connectivity index (χ0n) is 17.1. The van der Waals surface area contributed by atoms with Gasteiger partial charge in [-0.3, -0.25) is 14.6 Å². The molecule has 1 aliphatic carbocycles. The first-order valence-electron chi connectivity index (χ1n) is 9.98. The Hall–Kier alpha value is -3.65. The number of ether oxygens (including phenoxy) is 2. The summed E-state index contributed by atoms with van der Waals surface area (Å²) in [5.41, 5.74) is 3.99. The summed E-state index contributed by atoms with van der Waals surface area (Å²) in [6.07, 6.45) is 3.66. The van der Waals surface area contributed by atoms with Crippen LogP contribution < -0.4 is 10.1 Å². The van der Waals surface area contributed by atoms with Crippen molar-refractivity contribution in [2.24, 2.45) is 5.92 Å². The maximum Gasteiger partial charge on any atom is 0.309 e. The number of hydrogen-bond donors (Lipinski definition) is 3. The molecule has 0 spiro atoms. The molecule has 2 aromatic heterocycles. The second-order valence-corrected chi connectivity index (χ2v) is 7.21. The number of rotatable bonds is 7. The fourth-order valence-corrected chi connectivity index (χ4v) is 3.84. The highest BCUT2D eigenvalue weighted by Crippen LogP contribution is 2.42. The summed E-state index contributed by atoms with van der Waals surface area (Å²) in [7, 11) is 1.33. The van der Waals surface area contributed by atoms with Crippen LogP contribution in [0.25, 0.3) is 11.3 Å². The molecule has 8 heteroatoms. The molecule has 0 bridgehead atoms. The van der Waals surface area contributed by atoms with Gasteiger partial charge in [-0.15, -0.1) is 0 Å². The van der Waals surface area contributed by atoms with Gasteiger partial charge in [0.1, 0.15) is 12.4 Å². The highest BCUT2D eigenvalue weighted by atomic mass is 16.5. The van der Waals surface area contributed by atoms with Crippen molar-refractivity contribution in [2.75, 3.05) is 25.6 Å². The molecule has 0 radical (unpaired) electrons. The summed E-state index contributed by atoms with van der Waals surface area (Å²) in [6.45, 7) is -0.0200. The van der Waals surface area contributed by atoms with Crippen LogP contribution in [0.5, 0.6) is 5.75 Å². The largest absolute Gasteiger partial charge is 0.489 e. The number of aliphatic hydroxyl groups is 1. The second kappa shape index (κ2) is 9.01. The number of ketones is 1. The van der Waals surface area contributed by atoms with Gasteiger partial charge in [0.25, 0.3) is 0 Å². The minimum absolute atomic E-state index is 0.0879. The summed E-state index contributed by atoms with van der Waals surface area (Å²) in [5.74, 6) is -0.583. The molecule has 0 fully saturated rings. The number of carbonyl (C=O) groups excluding carboxylic acids is 2. The van der Waals surface area contributed by atoms with E-state index in [0.29, 0.717) is 40.4 Å². The molecule has 3 N–H and O–H groups in total. The first kappa shape index (κ1) is 20.6. The van der Waals surface area contributed by atoms with Crippen LogP contribution >= 0.6 is 0 Å². The molecule has 4 rings (SSSR count). The summed E-state index contributed by atoms with van der Waals surface area (Å²) in [5, 5.41) is 12.5. The van der Waals surface area contributed by atoms with Gasteiger partial charge in [0, 0.05) is 36.0 Å². The summed E-state index contributed by atoms with van der Waals surface area (Å²) in [6, 6.07) is 11.3. The lowest BCUT2D eigenvalue weighted by atomic mass is 9.86. The number of hydrogen-bond acceptors (Lipinski definition) is 7. The Morgan fingerprint density at radius 1 is 1.26 bits per heavy atom. The lowest BCUT2D eigenvalue weighted by molar-refractivity contribution is -0.145. The monoisotopic (exact) mass is 421 g/mol. The Balaban J connectivity index is 1.84. The third-order valence-electron chi connectivity index (χ3n) is 5.22. The van der Waals surface area contributed by atoms with Crippen LogP contribution in [0.2, 0.25) is 0 Å². The SMILES string of the molecule is COC(=O)C1CC(=O)c2c([nH]c(-c3ccncc3OCCO)c2Nc2ccccc2)C1. The second-order valence-electron chi connectivity index (χ2n) is 7.21. The zero-order valence-corrected chi connectivity index (χ0v) is 17.1. The number of aliphatic hydroxyl groups excluding tert-OH is 1. The number of aromatic amines is 1. The Morgan fingerprint density at radius 3 is 2.81 bits per heavy atom. The van der Waals surface area contributed by atoms with Gasteiger partial charge in [-0.05, 0) is 18.2 Å². The average Bonchev–Trinajstić information content (AvgIpc) is 3.16. The van der Waals surface area contributed by atoms with E-state index in [0.717, 1.165) is 5.69 Å². The predicted molar refractivity (Wildman–Crippen MR) is 114 cm³/mol. The van der Waals surface area contributed by atoms with Crippen LogP contribution in [-0.4, -0.2) is 47.2 Å². The molecule has 0 saturated heterocycles. The molecule has 1 aliphatic rings. The first-order chi connectivity index (χ1) is 15.1. The summed E-state index contributed by atoms with van der Waals surface area (Å²) in [4.78, 5) is 32.6. The zero-order chi connectivity index (χ0) is 21.8. The molecule has 160 valence electrons. The number of carbonyl (C=O) groups is 2. The topological polar surface area (TPSA) is 114 Å². The Bertz CT molecular complexity index is 1090. The van der Waals surface area contributed by atoms with Gasteiger partial charge in [0.15, 0.2) is 5.78 Å². The van der Waals surface area contributed by atoms with E-state index in [9.17, 15) is 9.59 Å². The molecule has 3 aromatic rings. The standard InChI is InChI=1S/C23H23N3O5/c1-30-23(29)14-11-17-20(18(28)12-14)22(25-15-5-3-2-4-6-15)21(26-17)16-7-8-24-13-19(16)31-10-9-27/h2-8,13-14,25-27H,9-12H2,1H3. The van der Waals surface area contributed by atoms with Crippen LogP contribution in [0.3, 0.4) is 0 Å². The number of benzene rings is 1. The lowest BCUT2D eigenvalue weighted by Gasteiger charge is -2.20. The van der Waals surface area contributed by atoms with Gasteiger partial charge >= 0.3 is 5.97 Å². The molecule has 1 atom stereocenters. The van der Waals surface area contributed by atoms with Gasteiger partial charge < -0.3 is 24.9 Å². The van der Waals surface area contributed by atoms with Crippen molar-refractivity contribution in [3.63, 3.8) is 0 Å². The maximum absolute atomic E-state index is 13.1. The number of fused-ring (bicyclic) bond motifs is 1.